The normalized spacial score (nSPS) is 10.8. The van der Waals surface area contributed by atoms with Gasteiger partial charge in [-0.1, -0.05) is 23.7 Å². The molecule has 0 radical (unpaired) electrons. The molecule has 1 N–H and O–H groups in total. The molecule has 4 aromatic rings. The van der Waals surface area contributed by atoms with Crippen LogP contribution in [0.2, 0.25) is 5.02 Å². The maximum atomic E-state index is 13.3. The zero-order chi connectivity index (χ0) is 21.3. The Morgan fingerprint density at radius 2 is 1.93 bits per heavy atom. The molecule has 0 spiro atoms. The van der Waals surface area contributed by atoms with Crippen molar-refractivity contribution in [1.82, 2.24) is 4.98 Å². The van der Waals surface area contributed by atoms with Gasteiger partial charge in [0.2, 0.25) is 0 Å². The first-order valence-corrected chi connectivity index (χ1v) is 10.4. The summed E-state index contributed by atoms with van der Waals surface area (Å²) in [5.41, 5.74) is 3.34. The number of methoxy groups -OCH3 is 2. The summed E-state index contributed by atoms with van der Waals surface area (Å²) < 4.78 is 10.6. The fraction of sp³-hybridized carbons (Fsp3) is 0.130. The quantitative estimate of drug-likeness (QED) is 0.403. The average molecular weight is 439 g/mol. The highest BCUT2D eigenvalue weighted by Gasteiger charge is 2.18. The van der Waals surface area contributed by atoms with E-state index in [0.29, 0.717) is 33.3 Å². The molecule has 0 aliphatic rings. The van der Waals surface area contributed by atoms with Crippen molar-refractivity contribution < 1.29 is 14.3 Å². The topological polar surface area (TPSA) is 60.5 Å². The lowest BCUT2D eigenvalue weighted by atomic mass is 10.0. The number of amides is 1. The molecule has 2 aromatic carbocycles. The van der Waals surface area contributed by atoms with Crippen molar-refractivity contribution in [3.05, 3.63) is 70.1 Å². The van der Waals surface area contributed by atoms with E-state index in [4.69, 9.17) is 26.1 Å². The number of aryl methyl sites for hydroxylation is 1. The van der Waals surface area contributed by atoms with Crippen LogP contribution < -0.4 is 14.8 Å². The fourth-order valence-electron chi connectivity index (χ4n) is 3.23. The van der Waals surface area contributed by atoms with Gasteiger partial charge in [-0.2, -0.15) is 0 Å². The smallest absolute Gasteiger partial charge is 0.256 e. The van der Waals surface area contributed by atoms with E-state index >= 15 is 0 Å². The van der Waals surface area contributed by atoms with Crippen molar-refractivity contribution in [3.8, 4) is 22.1 Å². The molecule has 7 heteroatoms. The van der Waals surface area contributed by atoms with Gasteiger partial charge in [0.15, 0.2) is 0 Å². The van der Waals surface area contributed by atoms with Crippen LogP contribution in [-0.4, -0.2) is 25.1 Å². The summed E-state index contributed by atoms with van der Waals surface area (Å²) in [6.45, 7) is 1.91. The van der Waals surface area contributed by atoms with Crippen molar-refractivity contribution >= 4 is 45.4 Å². The molecule has 0 unspecified atom stereocenters. The highest BCUT2D eigenvalue weighted by Crippen LogP contribution is 2.33. The minimum Gasteiger partial charge on any atom is -0.497 e. The van der Waals surface area contributed by atoms with Gasteiger partial charge in [0.05, 0.1) is 41.6 Å². The van der Waals surface area contributed by atoms with E-state index in [-0.39, 0.29) is 5.91 Å². The number of nitrogens with one attached hydrogen (secondary N) is 1. The van der Waals surface area contributed by atoms with E-state index in [9.17, 15) is 4.79 Å². The lowest BCUT2D eigenvalue weighted by Gasteiger charge is -2.14. The molecular weight excluding hydrogens is 420 g/mol. The van der Waals surface area contributed by atoms with Gasteiger partial charge in [-0.3, -0.25) is 4.79 Å². The number of thiophene rings is 1. The van der Waals surface area contributed by atoms with Gasteiger partial charge in [-0.15, -0.1) is 11.3 Å². The molecule has 152 valence electrons. The van der Waals surface area contributed by atoms with Gasteiger partial charge >= 0.3 is 0 Å². The maximum absolute atomic E-state index is 13.3. The molecule has 0 saturated heterocycles. The van der Waals surface area contributed by atoms with Crippen LogP contribution in [0.3, 0.4) is 0 Å². The standard InChI is InChI=1S/C23H19ClN2O3S/c1-13-17(24)8-7-15-16(12-19(25-22(13)15)21-5-4-10-30-21)23(27)26-18-9-6-14(28-2)11-20(18)29-3/h4-12H,1-3H3,(H,26,27). The molecule has 5 nitrogen and oxygen atoms in total. The largest absolute Gasteiger partial charge is 0.497 e. The lowest BCUT2D eigenvalue weighted by molar-refractivity contribution is 0.102. The van der Waals surface area contributed by atoms with Gasteiger partial charge in [0.1, 0.15) is 11.5 Å². The number of nitrogens with zero attached hydrogens (tertiary/aromatic N) is 1. The number of hydrogen-bond acceptors (Lipinski definition) is 5. The molecule has 1 amide bonds. The minimum absolute atomic E-state index is 0.259. The van der Waals surface area contributed by atoms with Gasteiger partial charge in [-0.05, 0) is 48.2 Å². The fourth-order valence-corrected chi connectivity index (χ4v) is 4.07. The van der Waals surface area contributed by atoms with Gasteiger partial charge < -0.3 is 14.8 Å². The predicted molar refractivity (Wildman–Crippen MR) is 122 cm³/mol. The number of carbonyl (C=O) groups excluding carboxylic acids is 1. The van der Waals surface area contributed by atoms with Crippen LogP contribution in [0.15, 0.2) is 53.9 Å². The second-order valence-electron chi connectivity index (χ2n) is 6.62. The second-order valence-corrected chi connectivity index (χ2v) is 7.98. The molecule has 0 saturated carbocycles. The van der Waals surface area contributed by atoms with Crippen LogP contribution in [0.5, 0.6) is 11.5 Å². The molecule has 2 aromatic heterocycles. The summed E-state index contributed by atoms with van der Waals surface area (Å²) in [6, 6.07) is 14.6. The van der Waals surface area contributed by atoms with Crippen molar-refractivity contribution in [3.63, 3.8) is 0 Å². The number of hydrogen-bond donors (Lipinski definition) is 1. The Morgan fingerprint density at radius 3 is 2.63 bits per heavy atom. The summed E-state index contributed by atoms with van der Waals surface area (Å²) in [6.07, 6.45) is 0. The van der Waals surface area contributed by atoms with E-state index in [1.165, 1.54) is 0 Å². The zero-order valence-electron chi connectivity index (χ0n) is 16.7. The SMILES string of the molecule is COc1ccc(NC(=O)c2cc(-c3cccs3)nc3c(C)c(Cl)ccc23)c(OC)c1. The number of halogens is 1. The Hall–Kier alpha value is -3.09. The Kier molecular flexibility index (Phi) is 5.61. The number of anilines is 1. The third-order valence-corrected chi connectivity index (χ3v) is 6.15. The Morgan fingerprint density at radius 1 is 1.10 bits per heavy atom. The molecule has 2 heterocycles. The molecule has 0 aliphatic heterocycles. The summed E-state index contributed by atoms with van der Waals surface area (Å²) in [4.78, 5) is 19.1. The Labute approximate surface area is 183 Å². The molecule has 0 aliphatic carbocycles. The summed E-state index contributed by atoms with van der Waals surface area (Å²) in [5.74, 6) is 0.897. The van der Waals surface area contributed by atoms with E-state index in [0.717, 1.165) is 21.5 Å². The highest BCUT2D eigenvalue weighted by molar-refractivity contribution is 7.13. The number of aromatic nitrogens is 1. The van der Waals surface area contributed by atoms with Crippen molar-refractivity contribution in [2.24, 2.45) is 0 Å². The number of benzene rings is 2. The minimum atomic E-state index is -0.259. The number of pyridine rings is 1. The van der Waals surface area contributed by atoms with E-state index in [2.05, 4.69) is 5.32 Å². The van der Waals surface area contributed by atoms with Crippen LogP contribution in [0.25, 0.3) is 21.5 Å². The maximum Gasteiger partial charge on any atom is 0.256 e. The third kappa shape index (κ3) is 3.72. The van der Waals surface area contributed by atoms with Gasteiger partial charge in [0, 0.05) is 16.5 Å². The van der Waals surface area contributed by atoms with Crippen LogP contribution in [-0.2, 0) is 0 Å². The first kappa shape index (κ1) is 20.2. The van der Waals surface area contributed by atoms with Gasteiger partial charge in [-0.25, -0.2) is 4.98 Å². The first-order chi connectivity index (χ1) is 14.5. The first-order valence-electron chi connectivity index (χ1n) is 9.19. The molecular formula is C23H19ClN2O3S. The Balaban J connectivity index is 1.83. The summed E-state index contributed by atoms with van der Waals surface area (Å²) in [7, 11) is 3.13. The third-order valence-electron chi connectivity index (χ3n) is 4.84. The molecule has 0 fully saturated rings. The van der Waals surface area contributed by atoms with Crippen LogP contribution in [0, 0.1) is 6.92 Å². The zero-order valence-corrected chi connectivity index (χ0v) is 18.2. The second kappa shape index (κ2) is 8.34. The number of rotatable bonds is 5. The van der Waals surface area contributed by atoms with E-state index in [1.54, 1.807) is 49.8 Å². The molecule has 30 heavy (non-hydrogen) atoms. The average Bonchev–Trinajstić information content (AvgIpc) is 3.31. The van der Waals surface area contributed by atoms with Crippen LogP contribution in [0.4, 0.5) is 5.69 Å². The number of fused-ring (bicyclic) bond motifs is 1. The van der Waals surface area contributed by atoms with E-state index in [1.807, 2.05) is 36.6 Å². The molecule has 4 rings (SSSR count). The lowest BCUT2D eigenvalue weighted by Crippen LogP contribution is -2.14. The van der Waals surface area contributed by atoms with Crippen molar-refractivity contribution in [2.75, 3.05) is 19.5 Å². The number of carbonyl (C=O) groups is 1. The summed E-state index contributed by atoms with van der Waals surface area (Å²) >= 11 is 7.90. The van der Waals surface area contributed by atoms with Crippen LogP contribution >= 0.6 is 22.9 Å². The predicted octanol–water partition coefficient (Wildman–Crippen LogP) is 6.19. The Bertz CT molecular complexity index is 1240. The van der Waals surface area contributed by atoms with Gasteiger partial charge in [0.25, 0.3) is 5.91 Å². The van der Waals surface area contributed by atoms with E-state index < -0.39 is 0 Å². The number of ether oxygens (including phenoxy) is 2. The summed E-state index contributed by atoms with van der Waals surface area (Å²) in [5, 5.41) is 6.28. The molecule has 0 bridgehead atoms. The van der Waals surface area contributed by atoms with Crippen molar-refractivity contribution in [1.29, 1.82) is 0 Å². The van der Waals surface area contributed by atoms with Crippen molar-refractivity contribution in [2.45, 2.75) is 6.92 Å². The van der Waals surface area contributed by atoms with Crippen LogP contribution in [0.1, 0.15) is 15.9 Å². The monoisotopic (exact) mass is 438 g/mol. The molecule has 0 atom stereocenters. The highest BCUT2D eigenvalue weighted by atomic mass is 35.5.